The molecule has 1 aromatic rings. The Morgan fingerprint density at radius 3 is 2.85 bits per heavy atom. The number of hydrogen-bond acceptors (Lipinski definition) is 2. The SMILES string of the molecule is O=C(NCCBr)c1ccc(Br)cn1. The molecule has 0 aromatic carbocycles. The van der Waals surface area contributed by atoms with Crippen molar-refractivity contribution in [3.63, 3.8) is 0 Å². The summed E-state index contributed by atoms with van der Waals surface area (Å²) in [5.41, 5.74) is 0.434. The zero-order valence-corrected chi connectivity index (χ0v) is 9.93. The van der Waals surface area contributed by atoms with E-state index in [-0.39, 0.29) is 5.91 Å². The summed E-state index contributed by atoms with van der Waals surface area (Å²) in [5, 5.41) is 3.45. The Morgan fingerprint density at radius 1 is 1.54 bits per heavy atom. The highest BCUT2D eigenvalue weighted by Crippen LogP contribution is 2.06. The Labute approximate surface area is 93.2 Å². The largest absolute Gasteiger partial charge is 0.350 e. The van der Waals surface area contributed by atoms with Gasteiger partial charge in [0.25, 0.3) is 5.91 Å². The van der Waals surface area contributed by atoms with Crippen molar-refractivity contribution in [1.29, 1.82) is 0 Å². The quantitative estimate of drug-likeness (QED) is 0.868. The van der Waals surface area contributed by atoms with Crippen LogP contribution >= 0.6 is 31.9 Å². The molecular weight excluding hydrogens is 300 g/mol. The van der Waals surface area contributed by atoms with Gasteiger partial charge in [0.15, 0.2) is 0 Å². The van der Waals surface area contributed by atoms with Crippen molar-refractivity contribution in [2.75, 3.05) is 11.9 Å². The molecule has 0 bridgehead atoms. The van der Waals surface area contributed by atoms with Crippen molar-refractivity contribution in [2.24, 2.45) is 0 Å². The molecule has 0 aliphatic carbocycles. The van der Waals surface area contributed by atoms with Crippen molar-refractivity contribution in [1.82, 2.24) is 10.3 Å². The minimum atomic E-state index is -0.146. The number of nitrogens with one attached hydrogen (secondary N) is 1. The normalized spacial score (nSPS) is 9.69. The number of rotatable bonds is 3. The number of pyridine rings is 1. The van der Waals surface area contributed by atoms with E-state index in [1.807, 2.05) is 0 Å². The van der Waals surface area contributed by atoms with Crippen LogP contribution in [0, 0.1) is 0 Å². The summed E-state index contributed by atoms with van der Waals surface area (Å²) in [6, 6.07) is 3.46. The Morgan fingerprint density at radius 2 is 2.31 bits per heavy atom. The second kappa shape index (κ2) is 5.34. The van der Waals surface area contributed by atoms with Gasteiger partial charge in [-0.25, -0.2) is 4.98 Å². The van der Waals surface area contributed by atoms with Crippen LogP contribution in [-0.4, -0.2) is 22.8 Å². The van der Waals surface area contributed by atoms with Gasteiger partial charge in [-0.3, -0.25) is 4.79 Å². The second-order valence-corrected chi connectivity index (χ2v) is 4.02. The lowest BCUT2D eigenvalue weighted by Crippen LogP contribution is -2.25. The molecule has 1 aromatic heterocycles. The van der Waals surface area contributed by atoms with Crippen molar-refractivity contribution in [2.45, 2.75) is 0 Å². The van der Waals surface area contributed by atoms with Gasteiger partial charge in [0.2, 0.25) is 0 Å². The molecule has 1 N–H and O–H groups in total. The summed E-state index contributed by atoms with van der Waals surface area (Å²) in [6.07, 6.45) is 1.60. The van der Waals surface area contributed by atoms with Crippen LogP contribution in [0.2, 0.25) is 0 Å². The van der Waals surface area contributed by atoms with Crippen molar-refractivity contribution < 1.29 is 4.79 Å². The van der Waals surface area contributed by atoms with Crippen LogP contribution in [-0.2, 0) is 0 Å². The number of alkyl halides is 1. The number of carbonyl (C=O) groups is 1. The summed E-state index contributed by atoms with van der Waals surface area (Å²) < 4.78 is 0.865. The van der Waals surface area contributed by atoms with Crippen molar-refractivity contribution >= 4 is 37.8 Å². The number of amides is 1. The van der Waals surface area contributed by atoms with Crippen LogP contribution in [0.3, 0.4) is 0 Å². The second-order valence-electron chi connectivity index (χ2n) is 2.31. The predicted octanol–water partition coefficient (Wildman–Crippen LogP) is 1.97. The Hall–Kier alpha value is -0.420. The van der Waals surface area contributed by atoms with Crippen molar-refractivity contribution in [3.05, 3.63) is 28.5 Å². The van der Waals surface area contributed by atoms with E-state index < -0.39 is 0 Å². The Kier molecular flexibility index (Phi) is 4.38. The molecule has 0 radical (unpaired) electrons. The molecule has 0 saturated carbocycles. The zero-order chi connectivity index (χ0) is 9.68. The monoisotopic (exact) mass is 306 g/mol. The van der Waals surface area contributed by atoms with E-state index in [2.05, 4.69) is 42.2 Å². The maximum Gasteiger partial charge on any atom is 0.269 e. The molecule has 1 amide bonds. The standard InChI is InChI=1S/C8H8Br2N2O/c9-3-4-11-8(13)7-2-1-6(10)5-12-7/h1-2,5H,3-4H2,(H,11,13). The fraction of sp³-hybridized carbons (Fsp3) is 0.250. The number of carbonyl (C=O) groups excluding carboxylic acids is 1. The fourth-order valence-electron chi connectivity index (χ4n) is 0.761. The van der Waals surface area contributed by atoms with E-state index in [4.69, 9.17) is 0 Å². The van der Waals surface area contributed by atoms with Crippen LogP contribution in [0.25, 0.3) is 0 Å². The highest BCUT2D eigenvalue weighted by molar-refractivity contribution is 9.10. The van der Waals surface area contributed by atoms with E-state index in [9.17, 15) is 4.79 Å². The van der Waals surface area contributed by atoms with Crippen LogP contribution in [0.5, 0.6) is 0 Å². The van der Waals surface area contributed by atoms with Gasteiger partial charge in [0, 0.05) is 22.5 Å². The van der Waals surface area contributed by atoms with Gasteiger partial charge >= 0.3 is 0 Å². The Bertz CT molecular complexity index is 287. The zero-order valence-electron chi connectivity index (χ0n) is 6.76. The van der Waals surface area contributed by atoms with Crippen LogP contribution in [0.1, 0.15) is 10.5 Å². The van der Waals surface area contributed by atoms with E-state index in [0.29, 0.717) is 12.2 Å². The lowest BCUT2D eigenvalue weighted by molar-refractivity contribution is 0.0951. The van der Waals surface area contributed by atoms with E-state index >= 15 is 0 Å². The Balaban J connectivity index is 2.61. The summed E-state index contributed by atoms with van der Waals surface area (Å²) in [5.74, 6) is -0.146. The smallest absolute Gasteiger partial charge is 0.269 e. The minimum Gasteiger partial charge on any atom is -0.350 e. The number of aromatic nitrogens is 1. The third kappa shape index (κ3) is 3.44. The average molecular weight is 308 g/mol. The third-order valence-corrected chi connectivity index (χ3v) is 2.21. The number of halogens is 2. The van der Waals surface area contributed by atoms with Crippen LogP contribution in [0.4, 0.5) is 0 Å². The summed E-state index contributed by atoms with van der Waals surface area (Å²) >= 11 is 6.46. The first kappa shape index (κ1) is 10.7. The van der Waals surface area contributed by atoms with Gasteiger partial charge in [-0.1, -0.05) is 15.9 Å². The maximum atomic E-state index is 11.3. The molecule has 0 aliphatic rings. The first-order valence-electron chi connectivity index (χ1n) is 3.70. The van der Waals surface area contributed by atoms with Gasteiger partial charge in [-0.05, 0) is 28.1 Å². The highest BCUT2D eigenvalue weighted by Gasteiger charge is 2.04. The van der Waals surface area contributed by atoms with Gasteiger partial charge < -0.3 is 5.32 Å². The topological polar surface area (TPSA) is 42.0 Å². The summed E-state index contributed by atoms with van der Waals surface area (Å²) in [6.45, 7) is 0.608. The molecule has 0 spiro atoms. The number of hydrogen-bond donors (Lipinski definition) is 1. The first-order valence-corrected chi connectivity index (χ1v) is 5.61. The van der Waals surface area contributed by atoms with Gasteiger partial charge in [-0.2, -0.15) is 0 Å². The van der Waals surface area contributed by atoms with Crippen molar-refractivity contribution in [3.8, 4) is 0 Å². The summed E-state index contributed by atoms with van der Waals surface area (Å²) in [4.78, 5) is 15.3. The molecule has 0 atom stereocenters. The lowest BCUT2D eigenvalue weighted by Gasteiger charge is -2.01. The van der Waals surface area contributed by atoms with E-state index in [1.165, 1.54) is 0 Å². The minimum absolute atomic E-state index is 0.146. The molecule has 1 rings (SSSR count). The van der Waals surface area contributed by atoms with Gasteiger partial charge in [-0.15, -0.1) is 0 Å². The molecule has 70 valence electrons. The molecular formula is C8H8Br2N2O. The molecule has 1 heterocycles. The average Bonchev–Trinajstić information content (AvgIpc) is 2.15. The maximum absolute atomic E-state index is 11.3. The third-order valence-electron chi connectivity index (χ3n) is 1.34. The van der Waals surface area contributed by atoms with Crippen LogP contribution < -0.4 is 5.32 Å². The van der Waals surface area contributed by atoms with E-state index in [0.717, 1.165) is 9.80 Å². The molecule has 0 saturated heterocycles. The van der Waals surface area contributed by atoms with Gasteiger partial charge in [0.1, 0.15) is 5.69 Å². The molecule has 13 heavy (non-hydrogen) atoms. The lowest BCUT2D eigenvalue weighted by atomic mass is 10.3. The highest BCUT2D eigenvalue weighted by atomic mass is 79.9. The van der Waals surface area contributed by atoms with E-state index in [1.54, 1.807) is 18.3 Å². The van der Waals surface area contributed by atoms with Gasteiger partial charge in [0.05, 0.1) is 0 Å². The molecule has 0 aliphatic heterocycles. The molecule has 5 heteroatoms. The van der Waals surface area contributed by atoms with Crippen LogP contribution in [0.15, 0.2) is 22.8 Å². The molecule has 0 unspecified atom stereocenters. The summed E-state index contributed by atoms with van der Waals surface area (Å²) in [7, 11) is 0. The predicted molar refractivity (Wildman–Crippen MR) is 58.1 cm³/mol. The first-order chi connectivity index (χ1) is 6.24. The molecule has 3 nitrogen and oxygen atoms in total. The number of nitrogens with zero attached hydrogens (tertiary/aromatic N) is 1. The fourth-order valence-corrected chi connectivity index (χ4v) is 1.19. The molecule has 0 fully saturated rings.